The predicted molar refractivity (Wildman–Crippen MR) is 88.8 cm³/mol. The molecular formula is C16H22ClN3O2. The van der Waals surface area contributed by atoms with E-state index in [1.807, 2.05) is 0 Å². The van der Waals surface area contributed by atoms with E-state index in [9.17, 15) is 10.1 Å². The lowest BCUT2D eigenvalue weighted by Gasteiger charge is -2.41. The number of nitro benzene ring substituents is 1. The van der Waals surface area contributed by atoms with Gasteiger partial charge in [-0.3, -0.25) is 15.0 Å². The van der Waals surface area contributed by atoms with Gasteiger partial charge in [-0.15, -0.1) is 0 Å². The first kappa shape index (κ1) is 15.6. The fraction of sp³-hybridized carbons (Fsp3) is 0.625. The summed E-state index contributed by atoms with van der Waals surface area (Å²) in [4.78, 5) is 15.6. The maximum atomic E-state index is 11.2. The average Bonchev–Trinajstić information content (AvgIpc) is 2.56. The van der Waals surface area contributed by atoms with Gasteiger partial charge in [0.05, 0.1) is 4.92 Å². The number of piperazine rings is 1. The van der Waals surface area contributed by atoms with Crippen LogP contribution in [0, 0.1) is 10.1 Å². The third-order valence-corrected chi connectivity index (χ3v) is 5.12. The van der Waals surface area contributed by atoms with E-state index >= 15 is 0 Å². The number of rotatable bonds is 3. The van der Waals surface area contributed by atoms with Crippen LogP contribution in [0.4, 0.5) is 11.4 Å². The molecule has 0 amide bonds. The van der Waals surface area contributed by atoms with Gasteiger partial charge in [-0.25, -0.2) is 0 Å². The van der Waals surface area contributed by atoms with Crippen LogP contribution >= 0.6 is 11.6 Å². The molecule has 3 rings (SSSR count). The number of hydrogen-bond acceptors (Lipinski definition) is 4. The Kier molecular flexibility index (Phi) is 4.84. The third-order valence-electron chi connectivity index (χ3n) is 4.88. The van der Waals surface area contributed by atoms with Gasteiger partial charge >= 0.3 is 0 Å². The van der Waals surface area contributed by atoms with Gasteiger partial charge in [-0.1, -0.05) is 30.9 Å². The van der Waals surface area contributed by atoms with Crippen molar-refractivity contribution >= 4 is 23.0 Å². The molecule has 1 saturated heterocycles. The topological polar surface area (TPSA) is 49.6 Å². The molecule has 1 saturated carbocycles. The molecule has 1 aliphatic carbocycles. The van der Waals surface area contributed by atoms with Crippen molar-refractivity contribution < 1.29 is 4.92 Å². The summed E-state index contributed by atoms with van der Waals surface area (Å²) >= 11 is 5.89. The van der Waals surface area contributed by atoms with Gasteiger partial charge in [0.2, 0.25) is 0 Å². The number of halogens is 1. The molecule has 1 aliphatic heterocycles. The molecule has 1 heterocycles. The van der Waals surface area contributed by atoms with Crippen molar-refractivity contribution in [2.75, 3.05) is 31.1 Å². The monoisotopic (exact) mass is 323 g/mol. The van der Waals surface area contributed by atoms with Crippen molar-refractivity contribution in [3.63, 3.8) is 0 Å². The molecule has 22 heavy (non-hydrogen) atoms. The summed E-state index contributed by atoms with van der Waals surface area (Å²) in [6.07, 6.45) is 6.66. The zero-order valence-corrected chi connectivity index (χ0v) is 13.5. The van der Waals surface area contributed by atoms with E-state index in [0.29, 0.717) is 10.7 Å². The van der Waals surface area contributed by atoms with E-state index in [4.69, 9.17) is 11.6 Å². The first-order valence-corrected chi connectivity index (χ1v) is 8.46. The second kappa shape index (κ2) is 6.84. The van der Waals surface area contributed by atoms with Crippen LogP contribution in [0.3, 0.4) is 0 Å². The maximum Gasteiger partial charge on any atom is 0.294 e. The molecule has 0 atom stereocenters. The van der Waals surface area contributed by atoms with Crippen molar-refractivity contribution in [2.24, 2.45) is 0 Å². The van der Waals surface area contributed by atoms with E-state index in [2.05, 4.69) is 9.80 Å². The molecule has 1 aromatic rings. The largest absolute Gasteiger partial charge is 0.363 e. The highest BCUT2D eigenvalue weighted by atomic mass is 35.5. The van der Waals surface area contributed by atoms with E-state index in [-0.39, 0.29) is 10.6 Å². The van der Waals surface area contributed by atoms with Crippen LogP contribution in [0.1, 0.15) is 32.1 Å². The van der Waals surface area contributed by atoms with E-state index in [1.165, 1.54) is 38.2 Å². The summed E-state index contributed by atoms with van der Waals surface area (Å²) in [7, 11) is 0. The van der Waals surface area contributed by atoms with Crippen LogP contribution in [0.15, 0.2) is 18.2 Å². The van der Waals surface area contributed by atoms with Crippen molar-refractivity contribution in [1.82, 2.24) is 4.90 Å². The Morgan fingerprint density at radius 3 is 2.41 bits per heavy atom. The molecule has 2 aliphatic rings. The lowest BCUT2D eigenvalue weighted by atomic mass is 9.94. The fourth-order valence-electron chi connectivity index (χ4n) is 3.68. The summed E-state index contributed by atoms with van der Waals surface area (Å²) in [5, 5.41) is 11.7. The first-order chi connectivity index (χ1) is 10.6. The van der Waals surface area contributed by atoms with Gasteiger partial charge in [0, 0.05) is 43.3 Å². The Balaban J connectivity index is 1.67. The Morgan fingerprint density at radius 1 is 1.09 bits per heavy atom. The van der Waals surface area contributed by atoms with Crippen molar-refractivity contribution in [3.8, 4) is 0 Å². The molecule has 5 nitrogen and oxygen atoms in total. The second-order valence-corrected chi connectivity index (χ2v) is 6.64. The maximum absolute atomic E-state index is 11.2. The molecule has 0 spiro atoms. The van der Waals surface area contributed by atoms with Gasteiger partial charge in [0.25, 0.3) is 5.69 Å². The third kappa shape index (κ3) is 3.36. The van der Waals surface area contributed by atoms with Crippen LogP contribution in [0.2, 0.25) is 5.02 Å². The summed E-state index contributed by atoms with van der Waals surface area (Å²) < 4.78 is 0. The smallest absolute Gasteiger partial charge is 0.294 e. The normalized spacial score (nSPS) is 21.0. The van der Waals surface area contributed by atoms with Gasteiger partial charge < -0.3 is 4.90 Å². The average molecular weight is 324 g/mol. The van der Waals surface area contributed by atoms with Gasteiger partial charge in [-0.2, -0.15) is 0 Å². The molecule has 0 unspecified atom stereocenters. The Hall–Kier alpha value is -1.33. The minimum atomic E-state index is -0.339. The molecule has 0 bridgehead atoms. The fourth-order valence-corrected chi connectivity index (χ4v) is 3.85. The second-order valence-electron chi connectivity index (χ2n) is 6.20. The molecule has 6 heteroatoms. The zero-order valence-electron chi connectivity index (χ0n) is 12.7. The van der Waals surface area contributed by atoms with Crippen LogP contribution < -0.4 is 4.90 Å². The van der Waals surface area contributed by atoms with Gasteiger partial charge in [-0.05, 0) is 25.0 Å². The highest BCUT2D eigenvalue weighted by molar-refractivity contribution is 6.30. The quantitative estimate of drug-likeness (QED) is 0.628. The van der Waals surface area contributed by atoms with Crippen molar-refractivity contribution in [2.45, 2.75) is 38.1 Å². The molecule has 0 aromatic heterocycles. The Morgan fingerprint density at radius 2 is 1.77 bits per heavy atom. The highest BCUT2D eigenvalue weighted by Gasteiger charge is 2.27. The number of benzene rings is 1. The van der Waals surface area contributed by atoms with E-state index in [1.54, 1.807) is 12.1 Å². The minimum Gasteiger partial charge on any atom is -0.363 e. The molecule has 1 aromatic carbocycles. The van der Waals surface area contributed by atoms with Gasteiger partial charge in [0.1, 0.15) is 5.69 Å². The first-order valence-electron chi connectivity index (χ1n) is 8.08. The van der Waals surface area contributed by atoms with Gasteiger partial charge in [0.15, 0.2) is 0 Å². The van der Waals surface area contributed by atoms with Crippen LogP contribution in [0.5, 0.6) is 0 Å². The van der Waals surface area contributed by atoms with Crippen LogP contribution in [-0.2, 0) is 0 Å². The van der Waals surface area contributed by atoms with Crippen molar-refractivity contribution in [1.29, 1.82) is 0 Å². The Bertz CT molecular complexity index is 538. The molecular weight excluding hydrogens is 302 g/mol. The minimum absolute atomic E-state index is 0.110. The molecule has 2 fully saturated rings. The number of hydrogen-bond donors (Lipinski definition) is 0. The number of nitro groups is 1. The lowest BCUT2D eigenvalue weighted by molar-refractivity contribution is -0.384. The van der Waals surface area contributed by atoms with Crippen LogP contribution in [0.25, 0.3) is 0 Å². The molecule has 0 radical (unpaired) electrons. The van der Waals surface area contributed by atoms with E-state index < -0.39 is 0 Å². The summed E-state index contributed by atoms with van der Waals surface area (Å²) in [5.41, 5.74) is 0.802. The molecule has 0 N–H and O–H groups in total. The van der Waals surface area contributed by atoms with Crippen LogP contribution in [-0.4, -0.2) is 42.0 Å². The number of anilines is 1. The lowest BCUT2D eigenvalue weighted by Crippen LogP contribution is -2.51. The molecule has 120 valence electrons. The number of nitrogens with zero attached hydrogens (tertiary/aromatic N) is 3. The highest BCUT2D eigenvalue weighted by Crippen LogP contribution is 2.32. The van der Waals surface area contributed by atoms with E-state index in [0.717, 1.165) is 32.2 Å². The summed E-state index contributed by atoms with van der Waals surface area (Å²) in [6.45, 7) is 3.67. The predicted octanol–water partition coefficient (Wildman–Crippen LogP) is 3.70. The summed E-state index contributed by atoms with van der Waals surface area (Å²) in [6, 6.07) is 5.68. The Labute approximate surface area is 136 Å². The SMILES string of the molecule is O=[N+]([O-])c1cc(Cl)ccc1N1CCN(C2CCCCC2)CC1. The summed E-state index contributed by atoms with van der Waals surface area (Å²) in [5.74, 6) is 0. The van der Waals surface area contributed by atoms with Crippen molar-refractivity contribution in [3.05, 3.63) is 33.3 Å². The zero-order chi connectivity index (χ0) is 15.5. The standard InChI is InChI=1S/C16H22ClN3O2/c17-13-6-7-15(16(12-13)20(21)22)19-10-8-18(9-11-19)14-4-2-1-3-5-14/h6-7,12,14H,1-5,8-11H2.